The number of anilines is 1. The average molecular weight is 483 g/mol. The van der Waals surface area contributed by atoms with E-state index in [2.05, 4.69) is 47.7 Å². The maximum absolute atomic E-state index is 11.8. The van der Waals surface area contributed by atoms with Gasteiger partial charge in [0.05, 0.1) is 15.2 Å². The molecule has 0 spiro atoms. The maximum atomic E-state index is 11.8. The van der Waals surface area contributed by atoms with Crippen molar-refractivity contribution in [2.24, 2.45) is 5.10 Å². The van der Waals surface area contributed by atoms with Gasteiger partial charge >= 0.3 is 0 Å². The zero-order valence-electron chi connectivity index (χ0n) is 13.9. The van der Waals surface area contributed by atoms with Crippen LogP contribution >= 0.6 is 31.9 Å². The number of amides is 2. The van der Waals surface area contributed by atoms with Crippen molar-refractivity contribution >= 4 is 55.6 Å². The van der Waals surface area contributed by atoms with Crippen molar-refractivity contribution in [1.82, 2.24) is 5.43 Å². The first-order chi connectivity index (χ1) is 12.3. The fourth-order valence-corrected chi connectivity index (χ4v) is 3.20. The average Bonchev–Trinajstić information content (AvgIpc) is 2.60. The minimum atomic E-state index is -0.364. The Hall–Kier alpha value is -2.19. The molecular formula is C18H17Br2N3O3. The smallest absolute Gasteiger partial charge is 0.240 e. The molecule has 0 aromatic heterocycles. The van der Waals surface area contributed by atoms with Gasteiger partial charge in [0.2, 0.25) is 11.8 Å². The molecule has 2 rings (SSSR count). The third-order valence-corrected chi connectivity index (χ3v) is 4.57. The summed E-state index contributed by atoms with van der Waals surface area (Å²) >= 11 is 6.43. The molecule has 6 nitrogen and oxygen atoms in total. The predicted molar refractivity (Wildman–Crippen MR) is 108 cm³/mol. The number of carbonyl (C=O) groups excluding carboxylic acids is 2. The van der Waals surface area contributed by atoms with Crippen LogP contribution in [-0.4, -0.2) is 23.1 Å². The lowest BCUT2D eigenvalue weighted by Gasteiger charge is -2.05. The second kappa shape index (κ2) is 9.49. The summed E-state index contributed by atoms with van der Waals surface area (Å²) in [5.41, 5.74) is 4.85. The van der Waals surface area contributed by atoms with Gasteiger partial charge in [0.25, 0.3) is 0 Å². The number of phenolic OH excluding ortho intramolecular Hbond substituents is 1. The Balaban J connectivity index is 1.78. The maximum Gasteiger partial charge on any atom is 0.240 e. The van der Waals surface area contributed by atoms with Crippen LogP contribution in [0.3, 0.4) is 0 Å². The molecule has 0 aliphatic heterocycles. The number of carbonyl (C=O) groups is 2. The Bertz CT molecular complexity index is 813. The zero-order chi connectivity index (χ0) is 19.1. The second-order valence-electron chi connectivity index (χ2n) is 5.54. The monoisotopic (exact) mass is 481 g/mol. The molecule has 2 aromatic rings. The van der Waals surface area contributed by atoms with Crippen LogP contribution in [0.5, 0.6) is 5.75 Å². The highest BCUT2D eigenvalue weighted by Crippen LogP contribution is 2.32. The highest BCUT2D eigenvalue weighted by Gasteiger charge is 2.07. The van der Waals surface area contributed by atoms with Crippen LogP contribution in [0.15, 0.2) is 50.4 Å². The molecule has 0 aliphatic rings. The van der Waals surface area contributed by atoms with E-state index in [1.165, 1.54) is 6.21 Å². The van der Waals surface area contributed by atoms with Gasteiger partial charge in [-0.2, -0.15) is 5.10 Å². The minimum absolute atomic E-state index is 0.0258. The van der Waals surface area contributed by atoms with E-state index in [1.807, 2.05) is 31.2 Å². The summed E-state index contributed by atoms with van der Waals surface area (Å²) in [4.78, 5) is 23.6. The number of phenols is 1. The number of hydrazone groups is 1. The van der Waals surface area contributed by atoms with Gasteiger partial charge in [-0.05, 0) is 68.6 Å². The molecule has 0 saturated heterocycles. The number of aromatic hydroxyl groups is 1. The van der Waals surface area contributed by atoms with Crippen molar-refractivity contribution in [3.8, 4) is 5.75 Å². The van der Waals surface area contributed by atoms with Crippen molar-refractivity contribution in [1.29, 1.82) is 0 Å². The number of hydrogen-bond donors (Lipinski definition) is 3. The normalized spacial score (nSPS) is 10.7. The van der Waals surface area contributed by atoms with E-state index >= 15 is 0 Å². The first-order valence-electron chi connectivity index (χ1n) is 7.71. The molecule has 136 valence electrons. The summed E-state index contributed by atoms with van der Waals surface area (Å²) < 4.78 is 1.01. The number of aryl methyl sites for hydroxylation is 1. The molecular weight excluding hydrogens is 466 g/mol. The van der Waals surface area contributed by atoms with Gasteiger partial charge in [-0.3, -0.25) is 9.59 Å². The topological polar surface area (TPSA) is 90.8 Å². The van der Waals surface area contributed by atoms with Crippen LogP contribution in [0.1, 0.15) is 24.0 Å². The van der Waals surface area contributed by atoms with Gasteiger partial charge in [0, 0.05) is 18.5 Å². The van der Waals surface area contributed by atoms with Crippen molar-refractivity contribution in [2.45, 2.75) is 19.8 Å². The van der Waals surface area contributed by atoms with Gasteiger partial charge in [-0.15, -0.1) is 0 Å². The van der Waals surface area contributed by atoms with Crippen LogP contribution in [0, 0.1) is 6.92 Å². The van der Waals surface area contributed by atoms with Crippen LogP contribution in [0.4, 0.5) is 5.69 Å². The summed E-state index contributed by atoms with van der Waals surface area (Å²) in [7, 11) is 0. The highest BCUT2D eigenvalue weighted by atomic mass is 79.9. The van der Waals surface area contributed by atoms with Gasteiger partial charge in [-0.25, -0.2) is 5.43 Å². The highest BCUT2D eigenvalue weighted by molar-refractivity contribution is 9.11. The Morgan fingerprint density at radius 2 is 1.65 bits per heavy atom. The van der Waals surface area contributed by atoms with E-state index in [1.54, 1.807) is 12.1 Å². The first kappa shape index (κ1) is 20.1. The standard InChI is InChI=1S/C18H17Br2N3O3/c1-11-2-4-13(5-3-11)22-16(24)6-7-17(25)23-21-10-12-8-14(19)18(26)15(20)9-12/h2-5,8-10,26H,6-7H2,1H3,(H,22,24)(H,23,25). The number of rotatable bonds is 6. The third-order valence-electron chi connectivity index (χ3n) is 3.36. The van der Waals surface area contributed by atoms with E-state index in [0.29, 0.717) is 20.2 Å². The van der Waals surface area contributed by atoms with E-state index in [0.717, 1.165) is 5.56 Å². The van der Waals surface area contributed by atoms with Crippen molar-refractivity contribution in [2.75, 3.05) is 5.32 Å². The van der Waals surface area contributed by atoms with Crippen molar-refractivity contribution in [3.05, 3.63) is 56.5 Å². The summed E-state index contributed by atoms with van der Waals surface area (Å²) in [5.74, 6) is -0.512. The number of nitrogens with one attached hydrogen (secondary N) is 2. The molecule has 0 fully saturated rings. The Morgan fingerprint density at radius 1 is 1.08 bits per heavy atom. The van der Waals surface area contributed by atoms with Crippen molar-refractivity contribution in [3.63, 3.8) is 0 Å². The largest absolute Gasteiger partial charge is 0.506 e. The number of halogens is 2. The van der Waals surface area contributed by atoms with Crippen LogP contribution < -0.4 is 10.7 Å². The van der Waals surface area contributed by atoms with E-state index in [4.69, 9.17) is 0 Å². The third kappa shape index (κ3) is 6.27. The molecule has 2 aromatic carbocycles. The van der Waals surface area contributed by atoms with E-state index < -0.39 is 0 Å². The molecule has 0 radical (unpaired) electrons. The Labute approximate surface area is 167 Å². The fourth-order valence-electron chi connectivity index (χ4n) is 1.98. The molecule has 8 heteroatoms. The Morgan fingerprint density at radius 3 is 2.27 bits per heavy atom. The molecule has 3 N–H and O–H groups in total. The molecule has 0 saturated carbocycles. The summed E-state index contributed by atoms with van der Waals surface area (Å²) in [5, 5.41) is 16.2. The van der Waals surface area contributed by atoms with Gasteiger partial charge in [0.15, 0.2) is 0 Å². The van der Waals surface area contributed by atoms with Crippen LogP contribution in [0.2, 0.25) is 0 Å². The van der Waals surface area contributed by atoms with Crippen LogP contribution in [-0.2, 0) is 9.59 Å². The molecule has 2 amide bonds. The lowest BCUT2D eigenvalue weighted by molar-refractivity contribution is -0.124. The minimum Gasteiger partial charge on any atom is -0.506 e. The summed E-state index contributed by atoms with van der Waals surface area (Å²) in [6, 6.07) is 10.7. The lowest BCUT2D eigenvalue weighted by Crippen LogP contribution is -2.20. The summed E-state index contributed by atoms with van der Waals surface area (Å²) in [6.07, 6.45) is 1.53. The summed E-state index contributed by atoms with van der Waals surface area (Å²) in [6.45, 7) is 1.96. The molecule has 0 unspecified atom stereocenters. The zero-order valence-corrected chi connectivity index (χ0v) is 17.1. The lowest BCUT2D eigenvalue weighted by atomic mass is 10.2. The SMILES string of the molecule is Cc1ccc(NC(=O)CCC(=O)NN=Cc2cc(Br)c(O)c(Br)c2)cc1. The van der Waals surface area contributed by atoms with Crippen molar-refractivity contribution < 1.29 is 14.7 Å². The van der Waals surface area contributed by atoms with Crippen LogP contribution in [0.25, 0.3) is 0 Å². The molecule has 26 heavy (non-hydrogen) atoms. The number of hydrogen-bond acceptors (Lipinski definition) is 4. The predicted octanol–water partition coefficient (Wildman–Crippen LogP) is 4.09. The van der Waals surface area contributed by atoms with Gasteiger partial charge in [0.1, 0.15) is 5.75 Å². The second-order valence-corrected chi connectivity index (χ2v) is 7.25. The number of benzene rings is 2. The van der Waals surface area contributed by atoms with E-state index in [-0.39, 0.29) is 30.4 Å². The number of nitrogens with zero attached hydrogens (tertiary/aromatic N) is 1. The molecule has 0 aliphatic carbocycles. The molecule has 0 heterocycles. The van der Waals surface area contributed by atoms with Gasteiger partial charge < -0.3 is 10.4 Å². The first-order valence-corrected chi connectivity index (χ1v) is 9.30. The molecule has 0 bridgehead atoms. The van der Waals surface area contributed by atoms with Gasteiger partial charge in [-0.1, -0.05) is 17.7 Å². The quantitative estimate of drug-likeness (QED) is 0.427. The Kier molecular flexibility index (Phi) is 7.35. The molecule has 0 atom stereocenters. The fraction of sp³-hybridized carbons (Fsp3) is 0.167. The van der Waals surface area contributed by atoms with E-state index in [9.17, 15) is 14.7 Å².